The third kappa shape index (κ3) is 2.35. The Morgan fingerprint density at radius 3 is 2.66 bits per heavy atom. The molecule has 7 rings (SSSR count). The molecule has 6 heteroatoms. The van der Waals surface area contributed by atoms with Gasteiger partial charge < -0.3 is 15.3 Å². The Morgan fingerprint density at radius 2 is 1.94 bits per heavy atom. The number of halogens is 1. The summed E-state index contributed by atoms with van der Waals surface area (Å²) in [5.41, 5.74) is 3.11. The number of rotatable bonds is 3. The van der Waals surface area contributed by atoms with Crippen LogP contribution in [0.1, 0.15) is 68.4 Å². The van der Waals surface area contributed by atoms with Crippen molar-refractivity contribution in [1.29, 1.82) is 0 Å². The third-order valence-electron chi connectivity index (χ3n) is 10.9. The molecule has 170 valence electrons. The van der Waals surface area contributed by atoms with Crippen molar-refractivity contribution in [2.45, 2.75) is 68.7 Å². The van der Waals surface area contributed by atoms with Crippen LogP contribution >= 0.6 is 15.9 Å². The van der Waals surface area contributed by atoms with Crippen LogP contribution in [0.2, 0.25) is 0 Å². The zero-order valence-electron chi connectivity index (χ0n) is 18.4. The van der Waals surface area contributed by atoms with E-state index in [0.717, 1.165) is 60.5 Å². The highest BCUT2D eigenvalue weighted by atomic mass is 79.9. The van der Waals surface area contributed by atoms with Gasteiger partial charge in [-0.3, -0.25) is 4.79 Å². The molecule has 6 aliphatic rings. The molecular formula is C26H31BrN2O3. The molecule has 32 heavy (non-hydrogen) atoms. The number of nitrogens with one attached hydrogen (secondary N) is 1. The lowest BCUT2D eigenvalue weighted by molar-refractivity contribution is -0.153. The normalized spacial score (nSPS) is 41.6. The highest BCUT2D eigenvalue weighted by Gasteiger charge is 2.78. The maximum Gasteiger partial charge on any atom is 0.317 e. The topological polar surface area (TPSA) is 69.6 Å². The second-order valence-electron chi connectivity index (χ2n) is 11.6. The highest BCUT2D eigenvalue weighted by molar-refractivity contribution is 9.10. The molecule has 7 unspecified atom stereocenters. The van der Waals surface area contributed by atoms with Crippen LogP contribution in [0, 0.1) is 29.1 Å². The molecular weight excluding hydrogens is 468 g/mol. The summed E-state index contributed by atoms with van der Waals surface area (Å²) in [5, 5.41) is 13.0. The Morgan fingerprint density at radius 1 is 1.16 bits per heavy atom. The van der Waals surface area contributed by atoms with Gasteiger partial charge in [0.1, 0.15) is 0 Å². The number of benzene rings is 1. The van der Waals surface area contributed by atoms with Crippen molar-refractivity contribution in [3.8, 4) is 0 Å². The summed E-state index contributed by atoms with van der Waals surface area (Å²) in [6, 6.07) is 6.77. The average molecular weight is 499 g/mol. The molecule has 0 radical (unpaired) electrons. The summed E-state index contributed by atoms with van der Waals surface area (Å²) in [7, 11) is 0. The number of carbonyl (C=O) groups is 2. The number of carboxylic acid groups (broad SMARTS) is 1. The number of aliphatic carboxylic acids is 1. The molecule has 5 aliphatic carbocycles. The molecule has 1 aliphatic heterocycles. The van der Waals surface area contributed by atoms with Crippen molar-refractivity contribution in [3.63, 3.8) is 0 Å². The van der Waals surface area contributed by atoms with E-state index in [0.29, 0.717) is 11.5 Å². The number of hydrogen-bond donors (Lipinski definition) is 2. The van der Waals surface area contributed by atoms with Gasteiger partial charge in [0.15, 0.2) is 0 Å². The molecule has 2 bridgehead atoms. The lowest BCUT2D eigenvalue weighted by Crippen LogP contribution is -2.61. The fourth-order valence-corrected chi connectivity index (χ4v) is 10.5. The van der Waals surface area contributed by atoms with E-state index in [2.05, 4.69) is 33.4 Å². The number of carbonyl (C=O) groups excluding carboxylic acids is 1. The van der Waals surface area contributed by atoms with Crippen LogP contribution in [-0.4, -0.2) is 41.1 Å². The van der Waals surface area contributed by atoms with Crippen molar-refractivity contribution in [1.82, 2.24) is 10.2 Å². The summed E-state index contributed by atoms with van der Waals surface area (Å²) < 4.78 is 1.09. The SMILES string of the molecule is O=C(O)CC1CC2(CCN(C(=O)NC3C4CCC56C(CC45)CC36)CC2)c2c(Br)cccc21. The Kier molecular flexibility index (Phi) is 4.05. The second kappa shape index (κ2) is 6.52. The first-order valence-corrected chi connectivity index (χ1v) is 13.3. The smallest absolute Gasteiger partial charge is 0.317 e. The minimum Gasteiger partial charge on any atom is -0.481 e. The first-order chi connectivity index (χ1) is 15.4. The van der Waals surface area contributed by atoms with E-state index in [1.807, 2.05) is 11.0 Å². The number of urea groups is 1. The third-order valence-corrected chi connectivity index (χ3v) is 11.6. The minimum absolute atomic E-state index is 0.0159. The van der Waals surface area contributed by atoms with Gasteiger partial charge in [0.05, 0.1) is 6.42 Å². The van der Waals surface area contributed by atoms with Crippen molar-refractivity contribution in [2.24, 2.45) is 29.1 Å². The second-order valence-corrected chi connectivity index (χ2v) is 12.5. The van der Waals surface area contributed by atoms with E-state index in [9.17, 15) is 14.7 Å². The van der Waals surface area contributed by atoms with Gasteiger partial charge >= 0.3 is 12.0 Å². The molecule has 1 aromatic carbocycles. The largest absolute Gasteiger partial charge is 0.481 e. The molecule has 1 aromatic rings. The van der Waals surface area contributed by atoms with Crippen molar-refractivity contribution in [2.75, 3.05) is 13.1 Å². The van der Waals surface area contributed by atoms with Crippen LogP contribution in [-0.2, 0) is 10.2 Å². The van der Waals surface area contributed by atoms with Gasteiger partial charge in [-0.15, -0.1) is 0 Å². The van der Waals surface area contributed by atoms with Gasteiger partial charge in [0, 0.05) is 29.0 Å². The van der Waals surface area contributed by atoms with E-state index in [-0.39, 0.29) is 23.8 Å². The van der Waals surface area contributed by atoms with Gasteiger partial charge in [0.2, 0.25) is 0 Å². The Hall–Kier alpha value is -1.56. The van der Waals surface area contributed by atoms with E-state index >= 15 is 0 Å². The zero-order valence-corrected chi connectivity index (χ0v) is 19.9. The van der Waals surface area contributed by atoms with Crippen LogP contribution in [0.4, 0.5) is 4.79 Å². The molecule has 1 saturated heterocycles. The fourth-order valence-electron chi connectivity index (χ4n) is 9.67. The van der Waals surface area contributed by atoms with Gasteiger partial charge in [-0.25, -0.2) is 4.79 Å². The standard InChI is InChI=1S/C26H31BrN2O3/c27-20-3-1-2-16-14(10-21(30)31)13-25(22(16)20)6-8-29(9-7-25)24(32)28-23-17-4-5-26-15(11-18(17)26)12-19(23)26/h1-3,14-15,17-19,23H,4-13H2,(H,28,32)(H,30,31). The zero-order chi connectivity index (χ0) is 21.8. The van der Waals surface area contributed by atoms with Crippen LogP contribution in [0.3, 0.4) is 0 Å². The molecule has 2 N–H and O–H groups in total. The number of hydrogen-bond acceptors (Lipinski definition) is 2. The number of amides is 2. The van der Waals surface area contributed by atoms with Crippen molar-refractivity contribution >= 4 is 27.9 Å². The number of carboxylic acids is 1. The van der Waals surface area contributed by atoms with Gasteiger partial charge in [-0.1, -0.05) is 28.1 Å². The summed E-state index contributed by atoms with van der Waals surface area (Å²) in [4.78, 5) is 26.8. The van der Waals surface area contributed by atoms with Gasteiger partial charge in [-0.2, -0.15) is 0 Å². The number of fused-ring (bicyclic) bond motifs is 2. The average Bonchev–Trinajstić information content (AvgIpc) is 3.24. The van der Waals surface area contributed by atoms with Crippen LogP contribution in [0.15, 0.2) is 22.7 Å². The number of nitrogens with zero attached hydrogens (tertiary/aromatic N) is 1. The lowest BCUT2D eigenvalue weighted by Gasteiger charge is -2.64. The number of likely N-dealkylation sites (tertiary alicyclic amines) is 1. The van der Waals surface area contributed by atoms with E-state index in [1.165, 1.54) is 36.8 Å². The van der Waals surface area contributed by atoms with Gasteiger partial charge in [0.25, 0.3) is 0 Å². The summed E-state index contributed by atoms with van der Waals surface area (Å²) in [6.07, 6.45) is 8.40. The predicted octanol–water partition coefficient (Wildman–Crippen LogP) is 4.89. The predicted molar refractivity (Wildman–Crippen MR) is 123 cm³/mol. The summed E-state index contributed by atoms with van der Waals surface area (Å²) >= 11 is 3.76. The number of piperidine rings is 1. The first-order valence-electron chi connectivity index (χ1n) is 12.5. The van der Waals surface area contributed by atoms with Crippen LogP contribution in [0.5, 0.6) is 0 Å². The fraction of sp³-hybridized carbons (Fsp3) is 0.692. The molecule has 1 heterocycles. The molecule has 5 fully saturated rings. The van der Waals surface area contributed by atoms with Crippen LogP contribution in [0.25, 0.3) is 0 Å². The maximum absolute atomic E-state index is 13.3. The molecule has 0 aromatic heterocycles. The molecule has 2 amide bonds. The monoisotopic (exact) mass is 498 g/mol. The van der Waals surface area contributed by atoms with E-state index in [4.69, 9.17) is 0 Å². The van der Waals surface area contributed by atoms with Crippen LogP contribution < -0.4 is 5.32 Å². The molecule has 4 saturated carbocycles. The molecule has 7 atom stereocenters. The van der Waals surface area contributed by atoms with Crippen molar-refractivity contribution in [3.05, 3.63) is 33.8 Å². The molecule has 5 nitrogen and oxygen atoms in total. The van der Waals surface area contributed by atoms with Gasteiger partial charge in [-0.05, 0) is 97.1 Å². The van der Waals surface area contributed by atoms with E-state index in [1.54, 1.807) is 0 Å². The Balaban J connectivity index is 1.06. The summed E-state index contributed by atoms with van der Waals surface area (Å²) in [5.74, 6) is 2.69. The maximum atomic E-state index is 13.3. The lowest BCUT2D eigenvalue weighted by atomic mass is 9.41. The summed E-state index contributed by atoms with van der Waals surface area (Å²) in [6.45, 7) is 1.51. The first kappa shape index (κ1) is 19.9. The quantitative estimate of drug-likeness (QED) is 0.623. The Bertz CT molecular complexity index is 1010. The minimum atomic E-state index is -0.729. The Labute approximate surface area is 197 Å². The van der Waals surface area contributed by atoms with Crippen molar-refractivity contribution < 1.29 is 14.7 Å². The molecule has 2 spiro atoms. The van der Waals surface area contributed by atoms with E-state index < -0.39 is 5.97 Å². The highest BCUT2D eigenvalue weighted by Crippen LogP contribution is 2.82.